The maximum Gasteiger partial charge on any atom is 0.339 e. The van der Waals surface area contributed by atoms with Crippen molar-refractivity contribution in [3.05, 3.63) is 57.7 Å². The predicted octanol–water partition coefficient (Wildman–Crippen LogP) is 3.84. The molecule has 0 aliphatic carbocycles. The van der Waals surface area contributed by atoms with Crippen LogP contribution in [0.15, 0.2) is 48.5 Å². The van der Waals surface area contributed by atoms with Crippen LogP contribution < -0.4 is 9.47 Å². The molecule has 4 nitrogen and oxygen atoms in total. The second-order valence-corrected chi connectivity index (χ2v) is 5.44. The molecule has 2 aromatic rings. The molecule has 0 aliphatic rings. The molecule has 2 rings (SSSR count). The van der Waals surface area contributed by atoms with Crippen LogP contribution >= 0.6 is 22.6 Å². The van der Waals surface area contributed by atoms with Crippen LogP contribution in [0.3, 0.4) is 0 Å². The summed E-state index contributed by atoms with van der Waals surface area (Å²) in [5, 5.41) is 9.04. The fraction of sp³-hybridized carbons (Fsp3) is 0.188. The summed E-state index contributed by atoms with van der Waals surface area (Å²) in [6, 6.07) is 14.4. The standard InChI is InChI=1S/C16H15IO4/c17-13-7-2-4-9-15(13)21-11-5-10-20-14-8-3-1-6-12(14)16(18)19/h1-4,6-9H,5,10-11H2,(H,18,19). The molecule has 1 N–H and O–H groups in total. The molecule has 0 fully saturated rings. The Balaban J connectivity index is 1.78. The van der Waals surface area contributed by atoms with Crippen molar-refractivity contribution in [1.82, 2.24) is 0 Å². The van der Waals surface area contributed by atoms with E-state index >= 15 is 0 Å². The Morgan fingerprint density at radius 1 is 0.952 bits per heavy atom. The highest BCUT2D eigenvalue weighted by atomic mass is 127. The van der Waals surface area contributed by atoms with Crippen molar-refractivity contribution >= 4 is 28.6 Å². The minimum Gasteiger partial charge on any atom is -0.493 e. The molecule has 2 aromatic carbocycles. The smallest absolute Gasteiger partial charge is 0.339 e. The van der Waals surface area contributed by atoms with Crippen LogP contribution in [-0.4, -0.2) is 24.3 Å². The number of ether oxygens (including phenoxy) is 2. The molecular weight excluding hydrogens is 383 g/mol. The first kappa shape index (κ1) is 15.6. The lowest BCUT2D eigenvalue weighted by Crippen LogP contribution is -2.08. The quantitative estimate of drug-likeness (QED) is 0.569. The summed E-state index contributed by atoms with van der Waals surface area (Å²) >= 11 is 2.22. The van der Waals surface area contributed by atoms with Crippen LogP contribution in [0.2, 0.25) is 0 Å². The molecule has 0 amide bonds. The van der Waals surface area contributed by atoms with Crippen molar-refractivity contribution in [2.75, 3.05) is 13.2 Å². The van der Waals surface area contributed by atoms with E-state index in [4.69, 9.17) is 14.6 Å². The van der Waals surface area contributed by atoms with Crippen molar-refractivity contribution in [3.63, 3.8) is 0 Å². The van der Waals surface area contributed by atoms with Crippen LogP contribution in [-0.2, 0) is 0 Å². The molecule has 0 unspecified atom stereocenters. The highest BCUT2D eigenvalue weighted by Gasteiger charge is 2.09. The number of halogens is 1. The number of aromatic carboxylic acids is 1. The third-order valence-corrected chi connectivity index (χ3v) is 3.65. The molecule has 0 heterocycles. The molecule has 0 radical (unpaired) electrons. The third-order valence-electron chi connectivity index (χ3n) is 2.76. The van der Waals surface area contributed by atoms with Gasteiger partial charge in [0, 0.05) is 6.42 Å². The van der Waals surface area contributed by atoms with E-state index in [-0.39, 0.29) is 5.56 Å². The van der Waals surface area contributed by atoms with Gasteiger partial charge in [0.15, 0.2) is 0 Å². The molecule has 0 saturated heterocycles. The van der Waals surface area contributed by atoms with Gasteiger partial charge in [0.1, 0.15) is 17.1 Å². The number of carboxylic acids is 1. The molecular formula is C16H15IO4. The van der Waals surface area contributed by atoms with E-state index in [2.05, 4.69) is 22.6 Å². The Morgan fingerprint density at radius 2 is 1.52 bits per heavy atom. The van der Waals surface area contributed by atoms with Crippen molar-refractivity contribution < 1.29 is 19.4 Å². The summed E-state index contributed by atoms with van der Waals surface area (Å²) in [5.74, 6) is 0.254. The van der Waals surface area contributed by atoms with Crippen LogP contribution in [0.1, 0.15) is 16.8 Å². The van der Waals surface area contributed by atoms with E-state index in [9.17, 15) is 4.79 Å². The average molecular weight is 398 g/mol. The second-order valence-electron chi connectivity index (χ2n) is 4.28. The summed E-state index contributed by atoms with van der Waals surface area (Å²) in [5.41, 5.74) is 0.177. The van der Waals surface area contributed by atoms with E-state index in [1.807, 2.05) is 24.3 Å². The van der Waals surface area contributed by atoms with Crippen LogP contribution in [0.25, 0.3) is 0 Å². The first-order valence-electron chi connectivity index (χ1n) is 6.51. The van der Waals surface area contributed by atoms with Gasteiger partial charge in [-0.3, -0.25) is 0 Å². The fourth-order valence-electron chi connectivity index (χ4n) is 1.75. The van der Waals surface area contributed by atoms with Gasteiger partial charge in [-0.1, -0.05) is 24.3 Å². The van der Waals surface area contributed by atoms with Gasteiger partial charge in [-0.25, -0.2) is 4.79 Å². The number of rotatable bonds is 7. The lowest BCUT2D eigenvalue weighted by atomic mass is 10.2. The largest absolute Gasteiger partial charge is 0.493 e. The maximum atomic E-state index is 11.0. The molecule has 0 spiro atoms. The molecule has 0 atom stereocenters. The maximum absolute atomic E-state index is 11.0. The zero-order valence-corrected chi connectivity index (χ0v) is 13.4. The highest BCUT2D eigenvalue weighted by molar-refractivity contribution is 14.1. The first-order valence-corrected chi connectivity index (χ1v) is 7.59. The Morgan fingerprint density at radius 3 is 2.19 bits per heavy atom. The van der Waals surface area contributed by atoms with E-state index in [0.717, 1.165) is 9.32 Å². The average Bonchev–Trinajstić information content (AvgIpc) is 2.49. The molecule has 0 aromatic heterocycles. The summed E-state index contributed by atoms with van der Waals surface area (Å²) in [7, 11) is 0. The van der Waals surface area contributed by atoms with E-state index < -0.39 is 5.97 Å². The molecule has 5 heteroatoms. The molecule has 21 heavy (non-hydrogen) atoms. The van der Waals surface area contributed by atoms with Gasteiger partial charge < -0.3 is 14.6 Å². The number of benzene rings is 2. The van der Waals surface area contributed by atoms with E-state index in [1.165, 1.54) is 6.07 Å². The van der Waals surface area contributed by atoms with Gasteiger partial charge in [0.25, 0.3) is 0 Å². The van der Waals surface area contributed by atoms with Crippen molar-refractivity contribution in [1.29, 1.82) is 0 Å². The van der Waals surface area contributed by atoms with Gasteiger partial charge in [-0.2, -0.15) is 0 Å². The topological polar surface area (TPSA) is 55.8 Å². The number of carbonyl (C=O) groups is 1. The van der Waals surface area contributed by atoms with Gasteiger partial charge in [-0.05, 0) is 46.9 Å². The van der Waals surface area contributed by atoms with Crippen molar-refractivity contribution in [3.8, 4) is 11.5 Å². The Bertz CT molecular complexity index is 613. The number of hydrogen-bond donors (Lipinski definition) is 1. The summed E-state index contributed by atoms with van der Waals surface area (Å²) < 4.78 is 12.2. The lowest BCUT2D eigenvalue weighted by molar-refractivity contribution is 0.0692. The zero-order chi connectivity index (χ0) is 15.1. The Hall–Kier alpha value is -1.76. The summed E-state index contributed by atoms with van der Waals surface area (Å²) in [4.78, 5) is 11.0. The summed E-state index contributed by atoms with van der Waals surface area (Å²) in [6.07, 6.45) is 0.679. The Kier molecular flexibility index (Phi) is 5.86. The fourth-order valence-corrected chi connectivity index (χ4v) is 2.30. The van der Waals surface area contributed by atoms with Crippen LogP contribution in [0.5, 0.6) is 11.5 Å². The van der Waals surface area contributed by atoms with E-state index in [0.29, 0.717) is 25.4 Å². The highest BCUT2D eigenvalue weighted by Crippen LogP contribution is 2.20. The first-order chi connectivity index (χ1) is 10.2. The predicted molar refractivity (Wildman–Crippen MR) is 88.2 cm³/mol. The monoisotopic (exact) mass is 398 g/mol. The van der Waals surface area contributed by atoms with Gasteiger partial charge >= 0.3 is 5.97 Å². The SMILES string of the molecule is O=C(O)c1ccccc1OCCCOc1ccccc1I. The molecule has 110 valence electrons. The van der Waals surface area contributed by atoms with Gasteiger partial charge in [-0.15, -0.1) is 0 Å². The normalized spacial score (nSPS) is 10.1. The van der Waals surface area contributed by atoms with Gasteiger partial charge in [0.2, 0.25) is 0 Å². The second kappa shape index (κ2) is 7.87. The Labute approximate surface area is 136 Å². The molecule has 0 saturated carbocycles. The third kappa shape index (κ3) is 4.63. The van der Waals surface area contributed by atoms with E-state index in [1.54, 1.807) is 18.2 Å². The minimum absolute atomic E-state index is 0.177. The lowest BCUT2D eigenvalue weighted by Gasteiger charge is -2.10. The molecule has 0 aliphatic heterocycles. The summed E-state index contributed by atoms with van der Waals surface area (Å²) in [6.45, 7) is 0.933. The van der Waals surface area contributed by atoms with Crippen LogP contribution in [0.4, 0.5) is 0 Å². The number of hydrogen-bond acceptors (Lipinski definition) is 3. The van der Waals surface area contributed by atoms with Crippen molar-refractivity contribution in [2.45, 2.75) is 6.42 Å². The van der Waals surface area contributed by atoms with Gasteiger partial charge in [0.05, 0.1) is 16.8 Å². The zero-order valence-electron chi connectivity index (χ0n) is 11.3. The van der Waals surface area contributed by atoms with Crippen LogP contribution in [0, 0.1) is 3.57 Å². The number of carboxylic acid groups (broad SMARTS) is 1. The molecule has 0 bridgehead atoms. The van der Waals surface area contributed by atoms with Crippen molar-refractivity contribution in [2.24, 2.45) is 0 Å². The minimum atomic E-state index is -0.985. The number of para-hydroxylation sites is 2.